The second-order valence-electron chi connectivity index (χ2n) is 6.62. The van der Waals surface area contributed by atoms with Gasteiger partial charge in [0.05, 0.1) is 11.0 Å². The van der Waals surface area contributed by atoms with E-state index in [0.29, 0.717) is 0 Å². The van der Waals surface area contributed by atoms with E-state index in [1.165, 1.54) is 25.7 Å². The molecular weight excluding hydrogens is 260 g/mol. The fourth-order valence-corrected chi connectivity index (χ4v) is 3.47. The summed E-state index contributed by atoms with van der Waals surface area (Å²) in [6, 6.07) is 6.59. The van der Waals surface area contributed by atoms with Gasteiger partial charge in [0.15, 0.2) is 0 Å². The van der Waals surface area contributed by atoms with E-state index in [9.17, 15) is 0 Å². The fourth-order valence-electron chi connectivity index (χ4n) is 3.47. The van der Waals surface area contributed by atoms with Gasteiger partial charge in [-0.15, -0.1) is 0 Å². The molecule has 0 aliphatic heterocycles. The minimum atomic E-state index is 0.744. The largest absolute Gasteiger partial charge is 0.399 e. The van der Waals surface area contributed by atoms with Crippen molar-refractivity contribution in [3.8, 4) is 0 Å². The zero-order chi connectivity index (χ0) is 14.8. The second kappa shape index (κ2) is 6.06. The van der Waals surface area contributed by atoms with Gasteiger partial charge >= 0.3 is 0 Å². The number of H-pyrrole nitrogens is 1. The van der Waals surface area contributed by atoms with Crippen molar-refractivity contribution in [2.45, 2.75) is 45.1 Å². The number of anilines is 1. The molecule has 21 heavy (non-hydrogen) atoms. The summed E-state index contributed by atoms with van der Waals surface area (Å²) in [5, 5.41) is 0. The number of benzene rings is 1. The summed E-state index contributed by atoms with van der Waals surface area (Å²) in [6.45, 7) is 3.44. The molecule has 1 aliphatic carbocycles. The zero-order valence-corrected chi connectivity index (χ0v) is 13.1. The molecule has 1 aromatic carbocycles. The van der Waals surface area contributed by atoms with Crippen LogP contribution in [0.15, 0.2) is 18.2 Å². The van der Waals surface area contributed by atoms with Crippen molar-refractivity contribution in [1.82, 2.24) is 14.9 Å². The molecule has 0 spiro atoms. The summed E-state index contributed by atoms with van der Waals surface area (Å²) >= 11 is 0. The number of nitrogens with two attached hydrogens (primary N) is 1. The Morgan fingerprint density at radius 2 is 2.24 bits per heavy atom. The third-order valence-corrected chi connectivity index (χ3v) is 4.79. The maximum atomic E-state index is 5.81. The van der Waals surface area contributed by atoms with Gasteiger partial charge in [-0.1, -0.05) is 19.8 Å². The van der Waals surface area contributed by atoms with Gasteiger partial charge in [-0.25, -0.2) is 4.98 Å². The number of aromatic nitrogens is 2. The molecular formula is C17H26N4. The van der Waals surface area contributed by atoms with Gasteiger partial charge in [0.2, 0.25) is 0 Å². The summed E-state index contributed by atoms with van der Waals surface area (Å²) in [6.07, 6.45) is 6.43. The molecule has 0 amide bonds. The normalized spacial score (nSPS) is 23.0. The summed E-state index contributed by atoms with van der Waals surface area (Å²) in [5.41, 5.74) is 8.64. The first kappa shape index (κ1) is 14.4. The summed E-state index contributed by atoms with van der Waals surface area (Å²) in [5.74, 6) is 1.94. The maximum Gasteiger partial charge on any atom is 0.108 e. The van der Waals surface area contributed by atoms with Crippen molar-refractivity contribution in [3.05, 3.63) is 24.0 Å². The lowest BCUT2D eigenvalue weighted by Gasteiger charge is -2.34. The van der Waals surface area contributed by atoms with E-state index >= 15 is 0 Å². The first-order valence-electron chi connectivity index (χ1n) is 8.06. The number of nitrogens with one attached hydrogen (secondary N) is 1. The standard InChI is InChI=1S/C17H26N4/c1-12-4-3-5-14(10-12)21(2)9-8-17-19-15-7-6-13(18)11-16(15)20-17/h6-7,11-12,14H,3-5,8-10,18H2,1-2H3,(H,19,20). The molecule has 4 heteroatoms. The van der Waals surface area contributed by atoms with Gasteiger partial charge in [0, 0.05) is 24.7 Å². The van der Waals surface area contributed by atoms with Crippen molar-refractivity contribution in [2.24, 2.45) is 5.92 Å². The predicted molar refractivity (Wildman–Crippen MR) is 88.3 cm³/mol. The van der Waals surface area contributed by atoms with Crippen LogP contribution < -0.4 is 5.73 Å². The quantitative estimate of drug-likeness (QED) is 0.849. The van der Waals surface area contributed by atoms with Crippen LogP contribution in [0, 0.1) is 5.92 Å². The van der Waals surface area contributed by atoms with Crippen LogP contribution in [-0.4, -0.2) is 34.5 Å². The summed E-state index contributed by atoms with van der Waals surface area (Å²) in [7, 11) is 2.25. The number of hydrogen-bond donors (Lipinski definition) is 2. The number of imidazole rings is 1. The van der Waals surface area contributed by atoms with Gasteiger partial charge in [0.25, 0.3) is 0 Å². The number of likely N-dealkylation sites (N-methyl/N-ethyl adjacent to an activating group) is 1. The number of aromatic amines is 1. The average molecular weight is 286 g/mol. The van der Waals surface area contributed by atoms with Crippen LogP contribution in [0.5, 0.6) is 0 Å². The van der Waals surface area contributed by atoms with Gasteiger partial charge in [-0.3, -0.25) is 0 Å². The molecule has 0 radical (unpaired) electrons. The van der Waals surface area contributed by atoms with E-state index in [4.69, 9.17) is 5.73 Å². The molecule has 4 nitrogen and oxygen atoms in total. The Balaban J connectivity index is 1.60. The lowest BCUT2D eigenvalue weighted by molar-refractivity contribution is 0.165. The molecule has 2 aromatic rings. The highest BCUT2D eigenvalue weighted by atomic mass is 15.1. The Bertz CT molecular complexity index is 604. The molecule has 1 aromatic heterocycles. The van der Waals surface area contributed by atoms with Crippen LogP contribution in [0.2, 0.25) is 0 Å². The van der Waals surface area contributed by atoms with Crippen LogP contribution in [-0.2, 0) is 6.42 Å². The molecule has 3 N–H and O–H groups in total. The second-order valence-corrected chi connectivity index (χ2v) is 6.62. The first-order valence-corrected chi connectivity index (χ1v) is 8.06. The minimum Gasteiger partial charge on any atom is -0.399 e. The maximum absolute atomic E-state index is 5.81. The molecule has 1 aliphatic rings. The molecule has 2 unspecified atom stereocenters. The Labute approximate surface area is 126 Å². The highest BCUT2D eigenvalue weighted by Crippen LogP contribution is 2.26. The van der Waals surface area contributed by atoms with Crippen LogP contribution in [0.25, 0.3) is 11.0 Å². The highest BCUT2D eigenvalue weighted by Gasteiger charge is 2.22. The molecule has 114 valence electrons. The molecule has 1 fully saturated rings. The van der Waals surface area contributed by atoms with Crippen molar-refractivity contribution >= 4 is 16.7 Å². The first-order chi connectivity index (χ1) is 10.1. The number of nitrogen functional groups attached to an aromatic ring is 1. The number of fused-ring (bicyclic) bond motifs is 1. The predicted octanol–water partition coefficient (Wildman–Crippen LogP) is 3.20. The van der Waals surface area contributed by atoms with Crippen molar-refractivity contribution in [3.63, 3.8) is 0 Å². The minimum absolute atomic E-state index is 0.744. The number of rotatable bonds is 4. The van der Waals surface area contributed by atoms with E-state index in [1.54, 1.807) is 0 Å². The molecule has 0 saturated heterocycles. The van der Waals surface area contributed by atoms with E-state index < -0.39 is 0 Å². The van der Waals surface area contributed by atoms with Crippen LogP contribution in [0.4, 0.5) is 5.69 Å². The number of nitrogens with zero attached hydrogens (tertiary/aromatic N) is 2. The van der Waals surface area contributed by atoms with Crippen LogP contribution in [0.3, 0.4) is 0 Å². The molecule has 1 saturated carbocycles. The van der Waals surface area contributed by atoms with Crippen molar-refractivity contribution < 1.29 is 0 Å². The number of hydrogen-bond acceptors (Lipinski definition) is 3. The van der Waals surface area contributed by atoms with E-state index in [0.717, 1.165) is 47.5 Å². The lowest BCUT2D eigenvalue weighted by Crippen LogP contribution is -2.36. The summed E-state index contributed by atoms with van der Waals surface area (Å²) < 4.78 is 0. The Morgan fingerprint density at radius 1 is 1.38 bits per heavy atom. The molecule has 2 atom stereocenters. The SMILES string of the molecule is CC1CCCC(N(C)CCc2nc3ccc(N)cc3[nH]2)C1. The van der Waals surface area contributed by atoms with Gasteiger partial charge in [-0.2, -0.15) is 0 Å². The Kier molecular flexibility index (Phi) is 4.15. The third kappa shape index (κ3) is 3.38. The molecule has 0 bridgehead atoms. The van der Waals surface area contributed by atoms with E-state index in [1.807, 2.05) is 18.2 Å². The van der Waals surface area contributed by atoms with Crippen molar-refractivity contribution in [1.29, 1.82) is 0 Å². The lowest BCUT2D eigenvalue weighted by atomic mass is 9.86. The molecule has 3 rings (SSSR count). The van der Waals surface area contributed by atoms with E-state index in [-0.39, 0.29) is 0 Å². The van der Waals surface area contributed by atoms with Gasteiger partial charge in [-0.05, 0) is 44.0 Å². The average Bonchev–Trinajstić information content (AvgIpc) is 2.86. The molecule has 1 heterocycles. The Hall–Kier alpha value is -1.55. The monoisotopic (exact) mass is 286 g/mol. The third-order valence-electron chi connectivity index (χ3n) is 4.79. The van der Waals surface area contributed by atoms with Gasteiger partial charge < -0.3 is 15.6 Å². The zero-order valence-electron chi connectivity index (χ0n) is 13.1. The van der Waals surface area contributed by atoms with Gasteiger partial charge in [0.1, 0.15) is 5.82 Å². The summed E-state index contributed by atoms with van der Waals surface area (Å²) in [4.78, 5) is 10.5. The van der Waals surface area contributed by atoms with Crippen molar-refractivity contribution in [2.75, 3.05) is 19.3 Å². The fraction of sp³-hybridized carbons (Fsp3) is 0.588. The highest BCUT2D eigenvalue weighted by molar-refractivity contribution is 5.78. The Morgan fingerprint density at radius 3 is 3.05 bits per heavy atom. The topological polar surface area (TPSA) is 57.9 Å². The van der Waals surface area contributed by atoms with E-state index in [2.05, 4.69) is 28.8 Å². The van der Waals surface area contributed by atoms with Crippen LogP contribution >= 0.6 is 0 Å². The van der Waals surface area contributed by atoms with Crippen LogP contribution in [0.1, 0.15) is 38.4 Å². The smallest absolute Gasteiger partial charge is 0.108 e.